The summed E-state index contributed by atoms with van der Waals surface area (Å²) in [5.41, 5.74) is 5.44. The number of carbonyl (C=O) groups is 1. The highest BCUT2D eigenvalue weighted by atomic mass is 16.5. The number of nitrogens with two attached hydrogens (primary N) is 1. The van der Waals surface area contributed by atoms with Crippen LogP contribution in [0.3, 0.4) is 0 Å². The van der Waals surface area contributed by atoms with Crippen molar-refractivity contribution in [2.45, 2.75) is 39.2 Å². The largest absolute Gasteiger partial charge is 0.463 e. The number of anilines is 2. The zero-order chi connectivity index (χ0) is 15.2. The van der Waals surface area contributed by atoms with Gasteiger partial charge in [0.2, 0.25) is 17.8 Å². The Bertz CT molecular complexity index is 496. The highest BCUT2D eigenvalue weighted by Crippen LogP contribution is 2.24. The number of rotatable bonds is 7. The number of amides is 1. The van der Waals surface area contributed by atoms with E-state index in [1.54, 1.807) is 0 Å². The number of hydrogen-bond donors (Lipinski definition) is 2. The van der Waals surface area contributed by atoms with E-state index in [4.69, 9.17) is 10.5 Å². The molecule has 1 aliphatic rings. The van der Waals surface area contributed by atoms with Crippen LogP contribution in [0.4, 0.5) is 11.9 Å². The van der Waals surface area contributed by atoms with Crippen molar-refractivity contribution in [1.29, 1.82) is 0 Å². The number of hydrogen-bond acceptors (Lipinski definition) is 7. The van der Waals surface area contributed by atoms with Gasteiger partial charge in [0.15, 0.2) is 0 Å². The first-order valence-corrected chi connectivity index (χ1v) is 7.34. The standard InChI is InChI=1S/C13H22N6O2/c1-3-8-21-13-17-11(15-4-2)16-12(18-13)19-7-5-6-9(19)10(14)20/h9H,3-8H2,1-2H3,(H2,14,20)(H,15,16,17,18). The van der Waals surface area contributed by atoms with Crippen LogP contribution in [0.25, 0.3) is 0 Å². The van der Waals surface area contributed by atoms with Crippen molar-refractivity contribution in [1.82, 2.24) is 15.0 Å². The molecule has 8 nitrogen and oxygen atoms in total. The highest BCUT2D eigenvalue weighted by Gasteiger charge is 2.31. The van der Waals surface area contributed by atoms with Crippen LogP contribution < -0.4 is 20.7 Å². The first-order chi connectivity index (χ1) is 10.2. The minimum atomic E-state index is -0.360. The van der Waals surface area contributed by atoms with E-state index in [1.807, 2.05) is 18.7 Å². The van der Waals surface area contributed by atoms with Gasteiger partial charge in [0.05, 0.1) is 6.61 Å². The van der Waals surface area contributed by atoms with Gasteiger partial charge in [-0.25, -0.2) is 0 Å². The first kappa shape index (κ1) is 15.3. The van der Waals surface area contributed by atoms with Crippen molar-refractivity contribution >= 4 is 17.8 Å². The second-order valence-corrected chi connectivity index (χ2v) is 4.87. The van der Waals surface area contributed by atoms with E-state index in [0.29, 0.717) is 31.6 Å². The average Bonchev–Trinajstić information content (AvgIpc) is 2.95. The fourth-order valence-corrected chi connectivity index (χ4v) is 2.27. The van der Waals surface area contributed by atoms with Gasteiger partial charge in [0.1, 0.15) is 6.04 Å². The van der Waals surface area contributed by atoms with Crippen molar-refractivity contribution in [3.05, 3.63) is 0 Å². The second-order valence-electron chi connectivity index (χ2n) is 4.87. The van der Waals surface area contributed by atoms with E-state index in [2.05, 4.69) is 20.3 Å². The number of primary amides is 1. The fraction of sp³-hybridized carbons (Fsp3) is 0.692. The molecule has 1 aromatic rings. The lowest BCUT2D eigenvalue weighted by Crippen LogP contribution is -2.41. The Hall–Kier alpha value is -2.12. The molecule has 0 radical (unpaired) electrons. The maximum Gasteiger partial charge on any atom is 0.323 e. The summed E-state index contributed by atoms with van der Waals surface area (Å²) in [4.78, 5) is 26.2. The topological polar surface area (TPSA) is 106 Å². The third-order valence-electron chi connectivity index (χ3n) is 3.21. The van der Waals surface area contributed by atoms with Gasteiger partial charge in [-0.3, -0.25) is 4.79 Å². The molecule has 0 spiro atoms. The van der Waals surface area contributed by atoms with Gasteiger partial charge in [-0.05, 0) is 26.2 Å². The molecular formula is C13H22N6O2. The first-order valence-electron chi connectivity index (χ1n) is 7.34. The van der Waals surface area contributed by atoms with Crippen LogP contribution in [-0.2, 0) is 4.79 Å². The SMILES string of the molecule is CCCOc1nc(NCC)nc(N2CCCC2C(N)=O)n1. The second kappa shape index (κ2) is 7.05. The Morgan fingerprint density at radius 2 is 2.24 bits per heavy atom. The summed E-state index contributed by atoms with van der Waals surface area (Å²) in [6.45, 7) is 5.90. The Kier molecular flexibility index (Phi) is 5.13. The molecule has 1 amide bonds. The Morgan fingerprint density at radius 3 is 2.90 bits per heavy atom. The van der Waals surface area contributed by atoms with E-state index in [1.165, 1.54) is 0 Å². The van der Waals surface area contributed by atoms with Crippen molar-refractivity contribution < 1.29 is 9.53 Å². The van der Waals surface area contributed by atoms with E-state index >= 15 is 0 Å². The van der Waals surface area contributed by atoms with Gasteiger partial charge in [0, 0.05) is 13.1 Å². The van der Waals surface area contributed by atoms with Crippen molar-refractivity contribution in [2.75, 3.05) is 29.9 Å². The monoisotopic (exact) mass is 294 g/mol. The van der Waals surface area contributed by atoms with Gasteiger partial charge in [-0.15, -0.1) is 0 Å². The number of carbonyl (C=O) groups excluding carboxylic acids is 1. The quantitative estimate of drug-likeness (QED) is 0.756. The predicted molar refractivity (Wildman–Crippen MR) is 79.3 cm³/mol. The summed E-state index contributed by atoms with van der Waals surface area (Å²) < 4.78 is 5.49. The molecule has 0 bridgehead atoms. The van der Waals surface area contributed by atoms with Crippen LogP contribution in [-0.4, -0.2) is 46.6 Å². The molecule has 0 saturated carbocycles. The Balaban J connectivity index is 2.27. The molecule has 0 aliphatic carbocycles. The summed E-state index contributed by atoms with van der Waals surface area (Å²) in [5, 5.41) is 3.05. The van der Waals surface area contributed by atoms with Gasteiger partial charge < -0.3 is 20.7 Å². The van der Waals surface area contributed by atoms with Gasteiger partial charge in [0.25, 0.3) is 0 Å². The molecule has 3 N–H and O–H groups in total. The zero-order valence-corrected chi connectivity index (χ0v) is 12.5. The maximum atomic E-state index is 11.5. The molecule has 1 saturated heterocycles. The normalized spacial score (nSPS) is 17.8. The lowest BCUT2D eigenvalue weighted by molar-refractivity contribution is -0.119. The summed E-state index contributed by atoms with van der Waals surface area (Å²) in [6.07, 6.45) is 2.48. The number of nitrogens with zero attached hydrogens (tertiary/aromatic N) is 4. The summed E-state index contributed by atoms with van der Waals surface area (Å²) >= 11 is 0. The summed E-state index contributed by atoms with van der Waals surface area (Å²) in [5.74, 6) is 0.533. The third-order valence-corrected chi connectivity index (χ3v) is 3.21. The molecule has 1 aromatic heterocycles. The predicted octanol–water partition coefficient (Wildman–Crippen LogP) is 0.546. The smallest absolute Gasteiger partial charge is 0.323 e. The Labute approximate surface area is 124 Å². The van der Waals surface area contributed by atoms with Gasteiger partial charge >= 0.3 is 6.01 Å². The zero-order valence-electron chi connectivity index (χ0n) is 12.5. The van der Waals surface area contributed by atoms with E-state index in [0.717, 1.165) is 19.3 Å². The molecule has 2 rings (SSSR count). The van der Waals surface area contributed by atoms with Crippen LogP contribution in [0.1, 0.15) is 33.1 Å². The number of aromatic nitrogens is 3. The van der Waals surface area contributed by atoms with E-state index < -0.39 is 0 Å². The highest BCUT2D eigenvalue weighted by molar-refractivity contribution is 5.83. The van der Waals surface area contributed by atoms with Crippen LogP contribution in [0.15, 0.2) is 0 Å². The minimum absolute atomic E-state index is 0.271. The number of ether oxygens (including phenoxy) is 1. The fourth-order valence-electron chi connectivity index (χ4n) is 2.27. The lowest BCUT2D eigenvalue weighted by Gasteiger charge is -2.22. The molecule has 8 heteroatoms. The summed E-state index contributed by atoms with van der Waals surface area (Å²) in [6, 6.07) is -0.0891. The molecule has 0 aromatic carbocycles. The molecule has 116 valence electrons. The average molecular weight is 294 g/mol. The lowest BCUT2D eigenvalue weighted by atomic mass is 10.2. The van der Waals surface area contributed by atoms with Crippen molar-refractivity contribution in [3.8, 4) is 6.01 Å². The van der Waals surface area contributed by atoms with Gasteiger partial charge in [-0.1, -0.05) is 6.92 Å². The van der Waals surface area contributed by atoms with Crippen LogP contribution in [0, 0.1) is 0 Å². The van der Waals surface area contributed by atoms with E-state index in [9.17, 15) is 4.79 Å². The van der Waals surface area contributed by atoms with Gasteiger partial charge in [-0.2, -0.15) is 15.0 Å². The minimum Gasteiger partial charge on any atom is -0.463 e. The molecule has 1 unspecified atom stereocenters. The molecule has 2 heterocycles. The molecular weight excluding hydrogens is 272 g/mol. The number of nitrogens with one attached hydrogen (secondary N) is 1. The maximum absolute atomic E-state index is 11.5. The van der Waals surface area contributed by atoms with Crippen LogP contribution in [0.2, 0.25) is 0 Å². The van der Waals surface area contributed by atoms with Crippen LogP contribution >= 0.6 is 0 Å². The van der Waals surface area contributed by atoms with Crippen molar-refractivity contribution in [3.63, 3.8) is 0 Å². The van der Waals surface area contributed by atoms with E-state index in [-0.39, 0.29) is 18.0 Å². The molecule has 1 fully saturated rings. The van der Waals surface area contributed by atoms with Crippen molar-refractivity contribution in [2.24, 2.45) is 5.73 Å². The molecule has 1 aliphatic heterocycles. The van der Waals surface area contributed by atoms with Crippen LogP contribution in [0.5, 0.6) is 6.01 Å². The molecule has 21 heavy (non-hydrogen) atoms. The molecule has 1 atom stereocenters. The third kappa shape index (κ3) is 3.71. The Morgan fingerprint density at radius 1 is 1.43 bits per heavy atom. The summed E-state index contributed by atoms with van der Waals surface area (Å²) in [7, 11) is 0.